The van der Waals surface area contributed by atoms with Crippen molar-refractivity contribution in [2.45, 2.75) is 54.1 Å². The Balaban J connectivity index is 2.65. The highest BCUT2D eigenvalue weighted by Gasteiger charge is 2.18. The van der Waals surface area contributed by atoms with E-state index >= 15 is 0 Å². The Kier molecular flexibility index (Phi) is 4.13. The van der Waals surface area contributed by atoms with Gasteiger partial charge in [-0.15, -0.1) is 0 Å². The Morgan fingerprint density at radius 2 is 1.33 bits per heavy atom. The van der Waals surface area contributed by atoms with E-state index in [0.29, 0.717) is 0 Å². The third kappa shape index (κ3) is 3.29. The first-order valence-electron chi connectivity index (χ1n) is 7.56. The van der Waals surface area contributed by atoms with Crippen LogP contribution in [0.1, 0.15) is 43.0 Å². The van der Waals surface area contributed by atoms with Crippen LogP contribution in [0.5, 0.6) is 5.75 Å². The van der Waals surface area contributed by atoms with E-state index in [2.05, 4.69) is 78.8 Å². The number of benzene rings is 2. The molecule has 0 aliphatic carbocycles. The van der Waals surface area contributed by atoms with Gasteiger partial charge in [0.15, 0.2) is 0 Å². The summed E-state index contributed by atoms with van der Waals surface area (Å²) in [6.45, 7) is 14.9. The van der Waals surface area contributed by atoms with Gasteiger partial charge in [-0.05, 0) is 81.8 Å². The summed E-state index contributed by atoms with van der Waals surface area (Å²) < 4.78 is 6.21. The molecule has 0 radical (unpaired) electrons. The van der Waals surface area contributed by atoms with Crippen LogP contribution in [-0.4, -0.2) is 5.60 Å². The van der Waals surface area contributed by atoms with Gasteiger partial charge >= 0.3 is 0 Å². The van der Waals surface area contributed by atoms with Crippen LogP contribution in [0.3, 0.4) is 0 Å². The van der Waals surface area contributed by atoms with E-state index in [9.17, 15) is 0 Å². The van der Waals surface area contributed by atoms with Gasteiger partial charge in [0.25, 0.3) is 0 Å². The van der Waals surface area contributed by atoms with Crippen molar-refractivity contribution in [2.75, 3.05) is 0 Å². The topological polar surface area (TPSA) is 9.23 Å². The van der Waals surface area contributed by atoms with Crippen LogP contribution >= 0.6 is 0 Å². The normalized spacial score (nSPS) is 11.6. The SMILES string of the molecule is Cc1ccc(-c2c(C)cccc2C)c(C)c1OC(C)(C)C. The van der Waals surface area contributed by atoms with Crippen LogP contribution in [0.2, 0.25) is 0 Å². The highest BCUT2D eigenvalue weighted by molar-refractivity contribution is 5.76. The van der Waals surface area contributed by atoms with E-state index in [4.69, 9.17) is 4.74 Å². The second kappa shape index (κ2) is 5.55. The number of rotatable bonds is 2. The molecule has 0 amide bonds. The molecule has 1 heteroatoms. The predicted molar refractivity (Wildman–Crippen MR) is 91.2 cm³/mol. The molecule has 0 aromatic heterocycles. The number of ether oxygens (including phenoxy) is 1. The van der Waals surface area contributed by atoms with Gasteiger partial charge in [-0.25, -0.2) is 0 Å². The average Bonchev–Trinajstić information content (AvgIpc) is 2.35. The van der Waals surface area contributed by atoms with Crippen molar-refractivity contribution in [1.82, 2.24) is 0 Å². The lowest BCUT2D eigenvalue weighted by atomic mass is 9.91. The van der Waals surface area contributed by atoms with Gasteiger partial charge in [0.1, 0.15) is 11.4 Å². The van der Waals surface area contributed by atoms with Crippen LogP contribution < -0.4 is 4.74 Å². The molecule has 0 bridgehead atoms. The Hall–Kier alpha value is -1.76. The van der Waals surface area contributed by atoms with Crippen LogP contribution in [0, 0.1) is 27.7 Å². The van der Waals surface area contributed by atoms with Crippen molar-refractivity contribution in [3.8, 4) is 16.9 Å². The van der Waals surface area contributed by atoms with E-state index in [1.165, 1.54) is 33.4 Å². The van der Waals surface area contributed by atoms with E-state index in [1.807, 2.05) is 0 Å². The van der Waals surface area contributed by atoms with E-state index in [-0.39, 0.29) is 5.60 Å². The molecule has 0 aliphatic rings. The van der Waals surface area contributed by atoms with Crippen LogP contribution in [0.4, 0.5) is 0 Å². The van der Waals surface area contributed by atoms with Gasteiger partial charge < -0.3 is 4.74 Å². The summed E-state index contributed by atoms with van der Waals surface area (Å²) in [5, 5.41) is 0. The maximum atomic E-state index is 6.21. The minimum Gasteiger partial charge on any atom is -0.488 e. The largest absolute Gasteiger partial charge is 0.488 e. The van der Waals surface area contributed by atoms with Gasteiger partial charge in [-0.1, -0.05) is 30.3 Å². The second-order valence-electron chi connectivity index (χ2n) is 6.87. The zero-order valence-electron chi connectivity index (χ0n) is 14.3. The summed E-state index contributed by atoms with van der Waals surface area (Å²) in [4.78, 5) is 0. The molecule has 0 unspecified atom stereocenters. The van der Waals surface area contributed by atoms with Crippen LogP contribution in [0.25, 0.3) is 11.1 Å². The third-order valence-corrected chi connectivity index (χ3v) is 3.76. The lowest BCUT2D eigenvalue weighted by molar-refractivity contribution is 0.129. The maximum Gasteiger partial charge on any atom is 0.126 e. The van der Waals surface area contributed by atoms with E-state index in [1.54, 1.807) is 0 Å². The monoisotopic (exact) mass is 282 g/mol. The molecular weight excluding hydrogens is 256 g/mol. The molecule has 0 saturated heterocycles. The summed E-state index contributed by atoms with van der Waals surface area (Å²) in [6, 6.07) is 10.8. The Labute approximate surface area is 129 Å². The summed E-state index contributed by atoms with van der Waals surface area (Å²) in [5.74, 6) is 1.02. The zero-order chi connectivity index (χ0) is 15.8. The minimum atomic E-state index is -0.186. The molecule has 0 aliphatic heterocycles. The molecule has 112 valence electrons. The standard InChI is InChI=1S/C20H26O/c1-13-9-8-10-14(2)18(13)17-12-11-15(3)19(16(17)4)21-20(5,6)7/h8-12H,1-7H3. The van der Waals surface area contributed by atoms with Crippen molar-refractivity contribution in [1.29, 1.82) is 0 Å². The molecule has 0 atom stereocenters. The fourth-order valence-electron chi connectivity index (χ4n) is 2.80. The molecule has 2 aromatic rings. The molecule has 0 spiro atoms. The first-order chi connectivity index (χ1) is 9.70. The highest BCUT2D eigenvalue weighted by Crippen LogP contribution is 2.37. The van der Waals surface area contributed by atoms with Gasteiger partial charge in [0.05, 0.1) is 0 Å². The first-order valence-corrected chi connectivity index (χ1v) is 7.56. The average molecular weight is 282 g/mol. The summed E-state index contributed by atoms with van der Waals surface area (Å²) in [6.07, 6.45) is 0. The van der Waals surface area contributed by atoms with Crippen molar-refractivity contribution in [3.63, 3.8) is 0 Å². The van der Waals surface area contributed by atoms with Crippen LogP contribution in [-0.2, 0) is 0 Å². The van der Waals surface area contributed by atoms with Gasteiger partial charge in [0.2, 0.25) is 0 Å². The molecule has 21 heavy (non-hydrogen) atoms. The van der Waals surface area contributed by atoms with Crippen molar-refractivity contribution < 1.29 is 4.74 Å². The second-order valence-corrected chi connectivity index (χ2v) is 6.87. The lowest BCUT2D eigenvalue weighted by Gasteiger charge is -2.26. The lowest BCUT2D eigenvalue weighted by Crippen LogP contribution is -2.24. The fourth-order valence-corrected chi connectivity index (χ4v) is 2.80. The minimum absolute atomic E-state index is 0.186. The summed E-state index contributed by atoms with van der Waals surface area (Å²) in [7, 11) is 0. The predicted octanol–water partition coefficient (Wildman–Crippen LogP) is 5.76. The van der Waals surface area contributed by atoms with Gasteiger partial charge in [-0.3, -0.25) is 0 Å². The first kappa shape index (κ1) is 15.6. The number of aryl methyl sites for hydroxylation is 3. The van der Waals surface area contributed by atoms with E-state index in [0.717, 1.165) is 5.75 Å². The van der Waals surface area contributed by atoms with Crippen molar-refractivity contribution >= 4 is 0 Å². The third-order valence-electron chi connectivity index (χ3n) is 3.76. The Morgan fingerprint density at radius 3 is 1.86 bits per heavy atom. The van der Waals surface area contributed by atoms with Crippen LogP contribution in [0.15, 0.2) is 30.3 Å². The molecule has 2 aromatic carbocycles. The van der Waals surface area contributed by atoms with E-state index < -0.39 is 0 Å². The molecule has 0 N–H and O–H groups in total. The molecule has 0 heterocycles. The molecule has 1 nitrogen and oxygen atoms in total. The molecule has 0 fully saturated rings. The zero-order valence-corrected chi connectivity index (χ0v) is 14.3. The summed E-state index contributed by atoms with van der Waals surface area (Å²) in [5.41, 5.74) is 7.45. The number of hydrogen-bond donors (Lipinski definition) is 0. The van der Waals surface area contributed by atoms with Gasteiger partial charge in [-0.2, -0.15) is 0 Å². The quantitative estimate of drug-likeness (QED) is 0.680. The van der Waals surface area contributed by atoms with Gasteiger partial charge in [0, 0.05) is 0 Å². The van der Waals surface area contributed by atoms with Crippen molar-refractivity contribution in [3.05, 3.63) is 52.6 Å². The molecular formula is C20H26O. The number of hydrogen-bond acceptors (Lipinski definition) is 1. The molecule has 0 saturated carbocycles. The molecule has 2 rings (SSSR count). The van der Waals surface area contributed by atoms with Crippen molar-refractivity contribution in [2.24, 2.45) is 0 Å². The maximum absolute atomic E-state index is 6.21. The highest BCUT2D eigenvalue weighted by atomic mass is 16.5. The fraction of sp³-hybridized carbons (Fsp3) is 0.400. The Morgan fingerprint density at radius 1 is 0.762 bits per heavy atom. The smallest absolute Gasteiger partial charge is 0.126 e. The summed E-state index contributed by atoms with van der Waals surface area (Å²) >= 11 is 0. The Bertz CT molecular complexity index is 640.